The average molecular weight is 401 g/mol. The van der Waals surface area contributed by atoms with Crippen LogP contribution in [0.2, 0.25) is 0 Å². The number of aromatic nitrogens is 1. The van der Waals surface area contributed by atoms with Crippen molar-refractivity contribution < 1.29 is 19.1 Å². The maximum atomic E-state index is 13.6. The highest BCUT2D eigenvalue weighted by atomic mass is 16.6. The summed E-state index contributed by atoms with van der Waals surface area (Å²) in [5.74, 6) is 0.812. The summed E-state index contributed by atoms with van der Waals surface area (Å²) in [5, 5.41) is 0. The molecule has 3 aromatic rings. The number of ether oxygens (including phenoxy) is 2. The van der Waals surface area contributed by atoms with E-state index in [4.69, 9.17) is 9.47 Å². The third-order valence-corrected chi connectivity index (χ3v) is 5.19. The highest BCUT2D eigenvalue weighted by Gasteiger charge is 2.42. The number of anilines is 2. The molecule has 2 aliphatic heterocycles. The molecule has 3 heterocycles. The Labute approximate surface area is 173 Å². The van der Waals surface area contributed by atoms with E-state index in [2.05, 4.69) is 4.98 Å². The first-order valence-corrected chi connectivity index (χ1v) is 9.70. The van der Waals surface area contributed by atoms with E-state index < -0.39 is 6.04 Å². The molecule has 7 heteroatoms. The molecule has 0 radical (unpaired) electrons. The van der Waals surface area contributed by atoms with Crippen molar-refractivity contribution in [2.24, 2.45) is 0 Å². The van der Waals surface area contributed by atoms with E-state index in [1.54, 1.807) is 36.7 Å². The third kappa shape index (κ3) is 3.14. The maximum Gasteiger partial charge on any atom is 0.255 e. The van der Waals surface area contributed by atoms with Crippen LogP contribution in [0.3, 0.4) is 0 Å². The molecule has 1 fully saturated rings. The normalized spacial score (nSPS) is 18.5. The lowest BCUT2D eigenvalue weighted by Crippen LogP contribution is -2.56. The molecular weight excluding hydrogens is 382 g/mol. The zero-order valence-corrected chi connectivity index (χ0v) is 16.1. The largest absolute Gasteiger partial charge is 0.486 e. The molecule has 7 nitrogen and oxygen atoms in total. The van der Waals surface area contributed by atoms with E-state index in [-0.39, 0.29) is 18.4 Å². The Morgan fingerprint density at radius 1 is 0.867 bits per heavy atom. The van der Waals surface area contributed by atoms with Crippen LogP contribution in [0.4, 0.5) is 11.4 Å². The Bertz CT molecular complexity index is 1090. The van der Waals surface area contributed by atoms with Gasteiger partial charge < -0.3 is 14.4 Å². The molecule has 0 saturated carbocycles. The molecule has 1 atom stereocenters. The number of carbonyl (C=O) groups excluding carboxylic acids is 2. The summed E-state index contributed by atoms with van der Waals surface area (Å²) >= 11 is 0. The smallest absolute Gasteiger partial charge is 0.255 e. The molecule has 5 rings (SSSR count). The van der Waals surface area contributed by atoms with Crippen molar-refractivity contribution in [1.82, 2.24) is 4.98 Å². The van der Waals surface area contributed by atoms with Gasteiger partial charge in [-0.3, -0.25) is 19.5 Å². The Balaban J connectivity index is 1.59. The van der Waals surface area contributed by atoms with Crippen LogP contribution >= 0.6 is 0 Å². The molecule has 150 valence electrons. The Morgan fingerprint density at radius 2 is 1.67 bits per heavy atom. The number of benzene rings is 2. The second kappa shape index (κ2) is 7.51. The summed E-state index contributed by atoms with van der Waals surface area (Å²) in [5.41, 5.74) is 1.91. The van der Waals surface area contributed by atoms with Gasteiger partial charge >= 0.3 is 0 Å². The molecule has 1 aromatic heterocycles. The highest BCUT2D eigenvalue weighted by Crippen LogP contribution is 2.39. The molecule has 2 aliphatic rings. The zero-order valence-electron chi connectivity index (χ0n) is 16.1. The van der Waals surface area contributed by atoms with Gasteiger partial charge in [-0.1, -0.05) is 24.3 Å². The summed E-state index contributed by atoms with van der Waals surface area (Å²) in [6.45, 7) is 0.878. The maximum absolute atomic E-state index is 13.6. The summed E-state index contributed by atoms with van der Waals surface area (Å²) in [6, 6.07) is 17.3. The number of fused-ring (bicyclic) bond motifs is 1. The van der Waals surface area contributed by atoms with Gasteiger partial charge in [0.05, 0.1) is 0 Å². The first kappa shape index (κ1) is 18.2. The first-order valence-electron chi connectivity index (χ1n) is 9.70. The minimum absolute atomic E-state index is 0.0476. The van der Waals surface area contributed by atoms with E-state index in [1.807, 2.05) is 36.4 Å². The van der Waals surface area contributed by atoms with Crippen molar-refractivity contribution in [3.8, 4) is 11.5 Å². The van der Waals surface area contributed by atoms with Crippen LogP contribution < -0.4 is 19.3 Å². The minimum atomic E-state index is -0.831. The van der Waals surface area contributed by atoms with Gasteiger partial charge in [0.25, 0.3) is 5.91 Å². The molecule has 0 unspecified atom stereocenters. The second-order valence-electron chi connectivity index (χ2n) is 7.04. The molecule has 0 aliphatic carbocycles. The SMILES string of the molecule is O=C1[C@H](c2cccnc2)N(c2ccc3c(c2)OCCO3)C(=O)CN1c1ccccc1. The molecular formula is C23H19N3O4. The van der Waals surface area contributed by atoms with Crippen molar-refractivity contribution in [3.63, 3.8) is 0 Å². The zero-order chi connectivity index (χ0) is 20.5. The van der Waals surface area contributed by atoms with E-state index in [1.165, 1.54) is 9.80 Å². The number of amides is 2. The van der Waals surface area contributed by atoms with Gasteiger partial charge in [0, 0.05) is 35.4 Å². The van der Waals surface area contributed by atoms with Gasteiger partial charge in [0.2, 0.25) is 5.91 Å². The van der Waals surface area contributed by atoms with Crippen LogP contribution in [0.5, 0.6) is 11.5 Å². The van der Waals surface area contributed by atoms with Crippen LogP contribution in [-0.2, 0) is 9.59 Å². The monoisotopic (exact) mass is 401 g/mol. The summed E-state index contributed by atoms with van der Waals surface area (Å²) in [6.07, 6.45) is 3.26. The first-order chi connectivity index (χ1) is 14.7. The van der Waals surface area contributed by atoms with Crippen molar-refractivity contribution in [3.05, 3.63) is 78.6 Å². The van der Waals surface area contributed by atoms with E-state index in [9.17, 15) is 9.59 Å². The van der Waals surface area contributed by atoms with E-state index in [0.717, 1.165) is 0 Å². The number of carbonyl (C=O) groups is 2. The molecule has 0 bridgehead atoms. The van der Waals surface area contributed by atoms with Crippen LogP contribution in [0, 0.1) is 0 Å². The summed E-state index contributed by atoms with van der Waals surface area (Å²) in [7, 11) is 0. The van der Waals surface area contributed by atoms with Crippen LogP contribution in [-0.4, -0.2) is 36.6 Å². The lowest BCUT2D eigenvalue weighted by Gasteiger charge is -2.40. The van der Waals surface area contributed by atoms with Crippen molar-refractivity contribution >= 4 is 23.2 Å². The predicted molar refractivity (Wildman–Crippen MR) is 111 cm³/mol. The Morgan fingerprint density at radius 3 is 2.43 bits per heavy atom. The molecule has 0 N–H and O–H groups in total. The van der Waals surface area contributed by atoms with Crippen molar-refractivity contribution in [2.75, 3.05) is 29.6 Å². The fraction of sp³-hybridized carbons (Fsp3) is 0.174. The molecule has 2 amide bonds. The predicted octanol–water partition coefficient (Wildman–Crippen LogP) is 2.97. The van der Waals surface area contributed by atoms with Gasteiger partial charge in [0.15, 0.2) is 11.5 Å². The van der Waals surface area contributed by atoms with Crippen LogP contribution in [0.25, 0.3) is 0 Å². The molecule has 2 aromatic carbocycles. The lowest BCUT2D eigenvalue weighted by atomic mass is 10.0. The number of piperazine rings is 1. The summed E-state index contributed by atoms with van der Waals surface area (Å²) < 4.78 is 11.3. The van der Waals surface area contributed by atoms with Crippen LogP contribution in [0.1, 0.15) is 11.6 Å². The Kier molecular flexibility index (Phi) is 4.55. The number of hydrogen-bond donors (Lipinski definition) is 0. The van der Waals surface area contributed by atoms with Gasteiger partial charge in [-0.15, -0.1) is 0 Å². The average Bonchev–Trinajstić information content (AvgIpc) is 2.81. The van der Waals surface area contributed by atoms with Gasteiger partial charge in [-0.2, -0.15) is 0 Å². The number of nitrogens with zero attached hydrogens (tertiary/aromatic N) is 3. The van der Waals surface area contributed by atoms with Crippen LogP contribution in [0.15, 0.2) is 73.1 Å². The van der Waals surface area contributed by atoms with Gasteiger partial charge in [-0.25, -0.2) is 0 Å². The van der Waals surface area contributed by atoms with E-state index in [0.29, 0.717) is 41.7 Å². The minimum Gasteiger partial charge on any atom is -0.486 e. The van der Waals surface area contributed by atoms with Gasteiger partial charge in [-0.05, 0) is 30.3 Å². The number of pyridine rings is 1. The molecule has 30 heavy (non-hydrogen) atoms. The van der Waals surface area contributed by atoms with Gasteiger partial charge in [0.1, 0.15) is 25.8 Å². The fourth-order valence-electron chi connectivity index (χ4n) is 3.82. The number of hydrogen-bond acceptors (Lipinski definition) is 5. The third-order valence-electron chi connectivity index (χ3n) is 5.19. The fourth-order valence-corrected chi connectivity index (χ4v) is 3.82. The number of rotatable bonds is 3. The number of para-hydroxylation sites is 1. The topological polar surface area (TPSA) is 72.0 Å². The standard InChI is InChI=1S/C23H19N3O4/c27-21-15-25(17-6-2-1-3-7-17)23(28)22(16-5-4-10-24-14-16)26(21)18-8-9-19-20(13-18)30-12-11-29-19/h1-10,13-14,22H,11-12,15H2/t22-/m0/s1. The molecule has 1 saturated heterocycles. The highest BCUT2D eigenvalue weighted by molar-refractivity contribution is 6.14. The summed E-state index contributed by atoms with van der Waals surface area (Å²) in [4.78, 5) is 34.1. The van der Waals surface area contributed by atoms with E-state index >= 15 is 0 Å². The lowest BCUT2D eigenvalue weighted by molar-refractivity contribution is -0.128. The van der Waals surface area contributed by atoms with Crippen molar-refractivity contribution in [2.45, 2.75) is 6.04 Å². The molecule has 0 spiro atoms. The Hall–Kier alpha value is -3.87. The van der Waals surface area contributed by atoms with Crippen molar-refractivity contribution in [1.29, 1.82) is 0 Å². The quantitative estimate of drug-likeness (QED) is 0.675. The second-order valence-corrected chi connectivity index (χ2v) is 7.04.